The molecule has 1 aromatic carbocycles. The van der Waals surface area contributed by atoms with Gasteiger partial charge in [0.15, 0.2) is 9.84 Å². The van der Waals surface area contributed by atoms with Gasteiger partial charge in [-0.3, -0.25) is 0 Å². The number of aliphatic hydroxyl groups is 2. The van der Waals surface area contributed by atoms with Crippen LogP contribution in [0, 0.1) is 0 Å². The molecule has 1 rings (SSSR count). The van der Waals surface area contributed by atoms with E-state index in [0.29, 0.717) is 25.2 Å². The van der Waals surface area contributed by atoms with Crippen molar-refractivity contribution in [1.29, 1.82) is 0 Å². The van der Waals surface area contributed by atoms with E-state index >= 15 is 0 Å². The number of para-hydroxylation sites is 1. The third kappa shape index (κ3) is 4.19. The maximum atomic E-state index is 12.2. The summed E-state index contributed by atoms with van der Waals surface area (Å²) in [6, 6.07) is 6.71. The highest BCUT2D eigenvalue weighted by molar-refractivity contribution is 7.91. The van der Waals surface area contributed by atoms with Crippen LogP contribution >= 0.6 is 0 Å². The van der Waals surface area contributed by atoms with Crippen molar-refractivity contribution < 1.29 is 18.6 Å². The Labute approximate surface area is 114 Å². The number of aliphatic hydroxyl groups excluding tert-OH is 2. The van der Waals surface area contributed by atoms with Gasteiger partial charge in [-0.2, -0.15) is 0 Å². The summed E-state index contributed by atoms with van der Waals surface area (Å²) in [5.41, 5.74) is 0.541. The molecule has 6 heteroatoms. The van der Waals surface area contributed by atoms with Crippen LogP contribution in [0.15, 0.2) is 29.2 Å². The fourth-order valence-corrected chi connectivity index (χ4v) is 3.51. The summed E-state index contributed by atoms with van der Waals surface area (Å²) in [5, 5.41) is 18.1. The zero-order chi connectivity index (χ0) is 14.3. The van der Waals surface area contributed by atoms with Gasteiger partial charge in [-0.25, -0.2) is 8.42 Å². The SMILES string of the molecule is CCCS(=O)(=O)c1ccccc1N(CCO)CCO. The standard InChI is InChI=1S/C13H21NO4S/c1-2-11-19(17,18)13-6-4-3-5-12(13)14(7-9-15)8-10-16/h3-6,15-16H,2,7-11H2,1H3. The molecule has 0 aliphatic heterocycles. The first kappa shape index (κ1) is 15.9. The van der Waals surface area contributed by atoms with E-state index in [-0.39, 0.29) is 23.9 Å². The number of hydrogen-bond donors (Lipinski definition) is 2. The molecule has 0 amide bonds. The molecule has 19 heavy (non-hydrogen) atoms. The lowest BCUT2D eigenvalue weighted by Gasteiger charge is -2.25. The second kappa shape index (κ2) is 7.47. The molecule has 0 aromatic heterocycles. The molecule has 0 aliphatic rings. The first-order valence-corrected chi connectivity index (χ1v) is 8.00. The Balaban J connectivity index is 3.20. The van der Waals surface area contributed by atoms with Crippen LogP contribution in [-0.2, 0) is 9.84 Å². The lowest BCUT2D eigenvalue weighted by atomic mass is 10.3. The van der Waals surface area contributed by atoms with E-state index in [2.05, 4.69) is 0 Å². The molecular formula is C13H21NO4S. The van der Waals surface area contributed by atoms with Crippen LogP contribution in [0.1, 0.15) is 13.3 Å². The Morgan fingerprint density at radius 3 is 2.21 bits per heavy atom. The molecule has 0 aliphatic carbocycles. The van der Waals surface area contributed by atoms with Crippen LogP contribution in [0.2, 0.25) is 0 Å². The monoisotopic (exact) mass is 287 g/mol. The Kier molecular flexibility index (Phi) is 6.27. The van der Waals surface area contributed by atoms with Gasteiger partial charge >= 0.3 is 0 Å². The Morgan fingerprint density at radius 1 is 1.11 bits per heavy atom. The van der Waals surface area contributed by atoms with E-state index in [1.165, 1.54) is 0 Å². The Hall–Kier alpha value is -1.11. The van der Waals surface area contributed by atoms with Crippen LogP contribution in [0.3, 0.4) is 0 Å². The van der Waals surface area contributed by atoms with Crippen LogP contribution in [0.4, 0.5) is 5.69 Å². The van der Waals surface area contributed by atoms with Crippen LogP contribution in [-0.4, -0.2) is 50.7 Å². The predicted octanol–water partition coefficient (Wildman–Crippen LogP) is 0.661. The average molecular weight is 287 g/mol. The fraction of sp³-hybridized carbons (Fsp3) is 0.538. The molecule has 5 nitrogen and oxygen atoms in total. The highest BCUT2D eigenvalue weighted by Crippen LogP contribution is 2.26. The summed E-state index contributed by atoms with van der Waals surface area (Å²) in [6.45, 7) is 2.21. The number of hydrogen-bond acceptors (Lipinski definition) is 5. The number of benzene rings is 1. The zero-order valence-electron chi connectivity index (χ0n) is 11.1. The van der Waals surface area contributed by atoms with Crippen LogP contribution in [0.25, 0.3) is 0 Å². The molecule has 108 valence electrons. The van der Waals surface area contributed by atoms with Crippen molar-refractivity contribution >= 4 is 15.5 Å². The molecule has 1 aromatic rings. The van der Waals surface area contributed by atoms with Crippen molar-refractivity contribution in [3.8, 4) is 0 Å². The summed E-state index contributed by atoms with van der Waals surface area (Å²) in [6.07, 6.45) is 0.552. The van der Waals surface area contributed by atoms with E-state index in [4.69, 9.17) is 10.2 Å². The number of anilines is 1. The molecule has 0 unspecified atom stereocenters. The molecule has 0 fully saturated rings. The summed E-state index contributed by atoms with van der Waals surface area (Å²) >= 11 is 0. The van der Waals surface area contributed by atoms with Crippen molar-refractivity contribution in [3.05, 3.63) is 24.3 Å². The Bertz CT molecular complexity index is 481. The molecule has 0 bridgehead atoms. The number of nitrogens with zero attached hydrogens (tertiary/aromatic N) is 1. The summed E-state index contributed by atoms with van der Waals surface area (Å²) < 4.78 is 24.4. The minimum Gasteiger partial charge on any atom is -0.395 e. The average Bonchev–Trinajstić information content (AvgIpc) is 2.38. The van der Waals surface area contributed by atoms with Gasteiger partial charge in [0.1, 0.15) is 0 Å². The number of sulfone groups is 1. The molecular weight excluding hydrogens is 266 g/mol. The Morgan fingerprint density at radius 2 is 1.68 bits per heavy atom. The van der Waals surface area contributed by atoms with Gasteiger partial charge in [-0.1, -0.05) is 19.1 Å². The lowest BCUT2D eigenvalue weighted by Crippen LogP contribution is -2.31. The number of rotatable bonds is 8. The highest BCUT2D eigenvalue weighted by Gasteiger charge is 2.20. The normalized spacial score (nSPS) is 11.5. The second-order valence-electron chi connectivity index (χ2n) is 4.22. The zero-order valence-corrected chi connectivity index (χ0v) is 11.9. The van der Waals surface area contributed by atoms with Crippen molar-refractivity contribution in [2.75, 3.05) is 37.0 Å². The van der Waals surface area contributed by atoms with E-state index in [0.717, 1.165) is 0 Å². The van der Waals surface area contributed by atoms with Gasteiger partial charge in [-0.05, 0) is 18.6 Å². The van der Waals surface area contributed by atoms with Crippen LogP contribution < -0.4 is 4.90 Å². The van der Waals surface area contributed by atoms with Gasteiger partial charge < -0.3 is 15.1 Å². The van der Waals surface area contributed by atoms with Crippen molar-refractivity contribution in [2.24, 2.45) is 0 Å². The van der Waals surface area contributed by atoms with Crippen molar-refractivity contribution in [2.45, 2.75) is 18.2 Å². The van der Waals surface area contributed by atoms with E-state index < -0.39 is 9.84 Å². The summed E-state index contributed by atoms with van der Waals surface area (Å²) in [4.78, 5) is 1.95. The van der Waals surface area contributed by atoms with Gasteiger partial charge in [0.2, 0.25) is 0 Å². The largest absolute Gasteiger partial charge is 0.395 e. The minimum absolute atomic E-state index is 0.0934. The van der Waals surface area contributed by atoms with E-state index in [9.17, 15) is 8.42 Å². The van der Waals surface area contributed by atoms with Crippen molar-refractivity contribution in [3.63, 3.8) is 0 Å². The molecule has 0 spiro atoms. The minimum atomic E-state index is -3.33. The molecule has 0 atom stereocenters. The highest BCUT2D eigenvalue weighted by atomic mass is 32.2. The van der Waals surface area contributed by atoms with Gasteiger partial charge in [0.05, 0.1) is 29.5 Å². The maximum Gasteiger partial charge on any atom is 0.180 e. The van der Waals surface area contributed by atoms with E-state index in [1.807, 2.05) is 6.92 Å². The quantitative estimate of drug-likeness (QED) is 0.734. The molecule has 0 radical (unpaired) electrons. The molecule has 0 saturated carbocycles. The first-order chi connectivity index (χ1) is 9.06. The maximum absolute atomic E-state index is 12.2. The second-order valence-corrected chi connectivity index (χ2v) is 6.30. The van der Waals surface area contributed by atoms with Gasteiger partial charge in [0, 0.05) is 13.1 Å². The topological polar surface area (TPSA) is 77.8 Å². The smallest absolute Gasteiger partial charge is 0.180 e. The fourth-order valence-electron chi connectivity index (χ4n) is 1.95. The van der Waals surface area contributed by atoms with Gasteiger partial charge in [-0.15, -0.1) is 0 Å². The van der Waals surface area contributed by atoms with Crippen LogP contribution in [0.5, 0.6) is 0 Å². The van der Waals surface area contributed by atoms with E-state index in [1.54, 1.807) is 29.2 Å². The third-order valence-electron chi connectivity index (χ3n) is 2.75. The van der Waals surface area contributed by atoms with Crippen molar-refractivity contribution in [1.82, 2.24) is 0 Å². The third-order valence-corrected chi connectivity index (χ3v) is 4.71. The molecule has 2 N–H and O–H groups in total. The lowest BCUT2D eigenvalue weighted by molar-refractivity contribution is 0.281. The summed E-state index contributed by atoms with van der Waals surface area (Å²) in [7, 11) is -3.33. The predicted molar refractivity (Wildman–Crippen MR) is 75.2 cm³/mol. The molecule has 0 heterocycles. The summed E-state index contributed by atoms with van der Waals surface area (Å²) in [5.74, 6) is 0.0934. The first-order valence-electron chi connectivity index (χ1n) is 6.35. The van der Waals surface area contributed by atoms with Gasteiger partial charge in [0.25, 0.3) is 0 Å². The molecule has 0 saturated heterocycles.